The minimum absolute atomic E-state index is 0.113. The fourth-order valence-electron chi connectivity index (χ4n) is 4.25. The largest absolute Gasteiger partial charge is 0.493 e. The Kier molecular flexibility index (Phi) is 8.28. The van der Waals surface area contributed by atoms with Crippen molar-refractivity contribution < 1.29 is 23.7 Å². The van der Waals surface area contributed by atoms with Crippen molar-refractivity contribution in [2.75, 3.05) is 33.8 Å². The number of carbonyl (C=O) groups is 1. The van der Waals surface area contributed by atoms with Gasteiger partial charge in [-0.25, -0.2) is 0 Å². The maximum Gasteiger partial charge on any atom is 0.203 e. The smallest absolute Gasteiger partial charge is 0.203 e. The summed E-state index contributed by atoms with van der Waals surface area (Å²) in [5.74, 6) is 2.00. The minimum Gasteiger partial charge on any atom is -0.493 e. The molecule has 7 nitrogen and oxygen atoms in total. The topological polar surface area (TPSA) is 71.0 Å². The number of hydrogen-bond acceptors (Lipinski definition) is 6. The lowest BCUT2D eigenvalue weighted by molar-refractivity contribution is 0.104. The van der Waals surface area contributed by atoms with Gasteiger partial charge in [0.15, 0.2) is 23.0 Å². The van der Waals surface area contributed by atoms with Crippen LogP contribution in [0.5, 0.6) is 23.0 Å². The van der Waals surface area contributed by atoms with E-state index in [0.29, 0.717) is 39.3 Å². The lowest BCUT2D eigenvalue weighted by Gasteiger charge is -2.13. The molecule has 1 heterocycles. The van der Waals surface area contributed by atoms with E-state index < -0.39 is 0 Å². The number of ketones is 1. The number of benzene rings is 3. The molecule has 0 bridgehead atoms. The van der Waals surface area contributed by atoms with Crippen molar-refractivity contribution in [2.45, 2.75) is 0 Å². The van der Waals surface area contributed by atoms with Crippen molar-refractivity contribution in [3.63, 3.8) is 0 Å². The van der Waals surface area contributed by atoms with Gasteiger partial charge in [0, 0.05) is 42.0 Å². The van der Waals surface area contributed by atoms with Crippen molar-refractivity contribution in [3.05, 3.63) is 88.7 Å². The van der Waals surface area contributed by atoms with Gasteiger partial charge in [-0.1, -0.05) is 42.0 Å². The predicted molar refractivity (Wildman–Crippen MR) is 153 cm³/mol. The Morgan fingerprint density at radius 3 is 2.13 bits per heavy atom. The molecule has 0 saturated heterocycles. The summed E-state index contributed by atoms with van der Waals surface area (Å²) in [5, 5.41) is 4.48. The zero-order valence-electron chi connectivity index (χ0n) is 21.9. The highest BCUT2D eigenvalue weighted by molar-refractivity contribution is 6.32. The first-order chi connectivity index (χ1) is 18.4. The van der Waals surface area contributed by atoms with Crippen LogP contribution in [-0.2, 0) is 7.05 Å². The molecule has 0 amide bonds. The second kappa shape index (κ2) is 11.8. The molecule has 4 rings (SSSR count). The average Bonchev–Trinajstić information content (AvgIpc) is 3.27. The number of carbonyl (C=O) groups excluding carboxylic acids is 1. The Morgan fingerprint density at radius 2 is 1.50 bits per heavy atom. The van der Waals surface area contributed by atoms with Gasteiger partial charge < -0.3 is 28.8 Å². The van der Waals surface area contributed by atoms with E-state index in [0.717, 1.165) is 22.0 Å². The third-order valence-electron chi connectivity index (χ3n) is 6.06. The van der Waals surface area contributed by atoms with Crippen LogP contribution in [0.3, 0.4) is 0 Å². The summed E-state index contributed by atoms with van der Waals surface area (Å²) in [6.07, 6.45) is 8.73. The molecule has 0 fully saturated rings. The molecule has 0 aliphatic heterocycles. The summed E-state index contributed by atoms with van der Waals surface area (Å²) in [5.41, 5.74) is 3.92. The highest BCUT2D eigenvalue weighted by Gasteiger charge is 2.14. The number of aromatic nitrogens is 1. The molecule has 1 aromatic heterocycles. The number of fused-ring (bicyclic) bond motifs is 1. The van der Waals surface area contributed by atoms with Crippen molar-refractivity contribution in [1.82, 2.24) is 4.57 Å². The molecule has 0 spiro atoms. The van der Waals surface area contributed by atoms with Gasteiger partial charge in [-0.2, -0.15) is 0 Å². The molecule has 196 valence electrons. The van der Waals surface area contributed by atoms with Gasteiger partial charge in [-0.3, -0.25) is 4.79 Å². The number of ether oxygens (including phenoxy) is 4. The van der Waals surface area contributed by atoms with Crippen molar-refractivity contribution in [3.8, 4) is 23.0 Å². The quantitative estimate of drug-likeness (QED) is 0.137. The molecule has 1 N–H and O–H groups in total. The summed E-state index contributed by atoms with van der Waals surface area (Å²) in [7, 11) is 8.18. The molecule has 0 aliphatic rings. The molecule has 8 heteroatoms. The van der Waals surface area contributed by atoms with E-state index in [2.05, 4.69) is 5.32 Å². The normalized spacial score (nSPS) is 11.3. The van der Waals surface area contributed by atoms with E-state index in [1.807, 2.05) is 72.4 Å². The molecule has 0 saturated carbocycles. The van der Waals surface area contributed by atoms with Crippen molar-refractivity contribution in [1.29, 1.82) is 0 Å². The number of hydrogen-bond donors (Lipinski definition) is 1. The average molecular weight is 533 g/mol. The summed E-state index contributed by atoms with van der Waals surface area (Å²) in [6.45, 7) is 0. The Balaban J connectivity index is 1.58. The molecular formula is C30H29ClN2O5. The van der Waals surface area contributed by atoms with Crippen molar-refractivity contribution >= 4 is 46.1 Å². The molecule has 0 atom stereocenters. The lowest BCUT2D eigenvalue weighted by atomic mass is 10.1. The van der Waals surface area contributed by atoms with Crippen LogP contribution >= 0.6 is 11.6 Å². The fourth-order valence-corrected chi connectivity index (χ4v) is 4.56. The zero-order valence-corrected chi connectivity index (χ0v) is 22.6. The van der Waals surface area contributed by atoms with Gasteiger partial charge in [0.25, 0.3) is 0 Å². The molecule has 0 unspecified atom stereocenters. The van der Waals surface area contributed by atoms with Gasteiger partial charge in [0.05, 0.1) is 39.1 Å². The van der Waals surface area contributed by atoms with Crippen molar-refractivity contribution in [2.24, 2.45) is 7.05 Å². The number of para-hydroxylation sites is 1. The van der Waals surface area contributed by atoms with E-state index in [9.17, 15) is 4.79 Å². The number of rotatable bonds is 10. The molecule has 0 aliphatic carbocycles. The number of nitrogens with one attached hydrogen (secondary N) is 1. The number of allylic oxidation sites excluding steroid dienone is 1. The van der Waals surface area contributed by atoms with Crippen LogP contribution in [0.2, 0.25) is 5.02 Å². The van der Waals surface area contributed by atoms with Crippen LogP contribution in [0.15, 0.2) is 67.0 Å². The number of aryl methyl sites for hydroxylation is 1. The van der Waals surface area contributed by atoms with Gasteiger partial charge >= 0.3 is 0 Å². The fraction of sp³-hybridized carbons (Fsp3) is 0.167. The summed E-state index contributed by atoms with van der Waals surface area (Å²) < 4.78 is 23.7. The molecular weight excluding hydrogens is 504 g/mol. The highest BCUT2D eigenvalue weighted by Crippen LogP contribution is 2.39. The zero-order chi connectivity index (χ0) is 27.2. The van der Waals surface area contributed by atoms with Gasteiger partial charge in [-0.05, 0) is 41.5 Å². The second-order valence-electron chi connectivity index (χ2n) is 8.39. The Bertz CT molecular complexity index is 1510. The van der Waals surface area contributed by atoms with E-state index in [-0.39, 0.29) is 5.78 Å². The molecule has 3 aromatic carbocycles. The van der Waals surface area contributed by atoms with Gasteiger partial charge in [0.2, 0.25) is 5.75 Å². The Hall–Kier alpha value is -4.36. The minimum atomic E-state index is -0.113. The third kappa shape index (κ3) is 5.48. The monoisotopic (exact) mass is 532 g/mol. The van der Waals surface area contributed by atoms with E-state index in [1.54, 1.807) is 40.7 Å². The van der Waals surface area contributed by atoms with Crippen LogP contribution in [-0.4, -0.2) is 38.8 Å². The number of halogens is 1. The maximum atomic E-state index is 12.9. The summed E-state index contributed by atoms with van der Waals surface area (Å²) in [6, 6.07) is 15.2. The maximum absolute atomic E-state index is 12.9. The SMILES string of the molecule is COc1cc(C=Cc2cc(Cl)c(OC)c(NC=CC(=O)c3cn(C)c4ccccc34)c2)cc(OC)c1OC. The first-order valence-corrected chi connectivity index (χ1v) is 12.1. The van der Waals surface area contributed by atoms with E-state index >= 15 is 0 Å². The molecule has 4 aromatic rings. The highest BCUT2D eigenvalue weighted by atomic mass is 35.5. The van der Waals surface area contributed by atoms with Crippen LogP contribution in [0.25, 0.3) is 23.1 Å². The Morgan fingerprint density at radius 1 is 0.868 bits per heavy atom. The van der Waals surface area contributed by atoms with Crippen LogP contribution < -0.4 is 24.3 Å². The Labute approximate surface area is 226 Å². The van der Waals surface area contributed by atoms with Crippen LogP contribution in [0.4, 0.5) is 5.69 Å². The molecule has 0 radical (unpaired) electrons. The first kappa shape index (κ1) is 26.7. The van der Waals surface area contributed by atoms with E-state index in [4.69, 9.17) is 30.5 Å². The number of methoxy groups -OCH3 is 4. The third-order valence-corrected chi connectivity index (χ3v) is 6.34. The molecule has 38 heavy (non-hydrogen) atoms. The van der Waals surface area contributed by atoms with Gasteiger partial charge in [0.1, 0.15) is 0 Å². The van der Waals surface area contributed by atoms with Crippen LogP contribution in [0.1, 0.15) is 21.5 Å². The summed E-state index contributed by atoms with van der Waals surface area (Å²) >= 11 is 6.51. The predicted octanol–water partition coefficient (Wildman–Crippen LogP) is 6.85. The second-order valence-corrected chi connectivity index (χ2v) is 8.80. The number of nitrogens with zero attached hydrogens (tertiary/aromatic N) is 1. The van der Waals surface area contributed by atoms with Crippen LogP contribution in [0, 0.1) is 0 Å². The first-order valence-electron chi connectivity index (χ1n) is 11.8. The summed E-state index contributed by atoms with van der Waals surface area (Å²) in [4.78, 5) is 12.9. The number of anilines is 1. The standard InChI is InChI=1S/C30H29ClN2O5/c1-33-18-22(21-8-6-7-9-25(21)33)26(34)12-13-32-24-15-19(14-23(31)29(24)37-4)10-11-20-16-27(35-2)30(38-5)28(17-20)36-3/h6-18,32H,1-5H3. The van der Waals surface area contributed by atoms with Gasteiger partial charge in [-0.15, -0.1) is 0 Å². The van der Waals surface area contributed by atoms with E-state index in [1.165, 1.54) is 6.08 Å². The lowest BCUT2D eigenvalue weighted by Crippen LogP contribution is -1.98.